The van der Waals surface area contributed by atoms with Crippen LogP contribution in [0.15, 0.2) is 0 Å². The average Bonchev–Trinajstić information content (AvgIpc) is 2.24. The van der Waals surface area contributed by atoms with E-state index in [1.807, 2.05) is 0 Å². The second kappa shape index (κ2) is 22.8. The third kappa shape index (κ3) is 19.8. The predicted molar refractivity (Wildman–Crippen MR) is 43.0 cm³/mol. The maximum absolute atomic E-state index is 10.4. The van der Waals surface area contributed by atoms with Gasteiger partial charge in [0.05, 0.1) is 5.97 Å². The summed E-state index contributed by atoms with van der Waals surface area (Å²) in [6.45, 7) is 3.02. The van der Waals surface area contributed by atoms with Gasteiger partial charge in [-0.25, -0.2) is 0 Å². The monoisotopic (exact) mass is 352 g/mol. The van der Waals surface area contributed by atoms with Crippen molar-refractivity contribution < 1.29 is 163 Å². The molecule has 0 radical (unpaired) electrons. The maximum atomic E-state index is 10.4. The van der Waals surface area contributed by atoms with E-state index >= 15 is 0 Å². The summed E-state index contributed by atoms with van der Waals surface area (Å²) in [5, 5.41) is 39.6. The van der Waals surface area contributed by atoms with Gasteiger partial charge < -0.3 is 41.7 Å². The molecule has 0 aromatic carbocycles. The zero-order chi connectivity index (χ0) is 14.9. The van der Waals surface area contributed by atoms with Gasteiger partial charge in [0.2, 0.25) is 0 Å². The predicted octanol–water partition coefficient (Wildman–Crippen LogP) is -17.5. The molecule has 9 nitrogen and oxygen atoms in total. The second-order valence-corrected chi connectivity index (χ2v) is 3.02. The number of carbonyl (C=O) groups excluding carboxylic acids is 5. The molecule has 0 aromatic heterocycles. The minimum atomic E-state index is -2.33. The molecule has 0 rings (SSSR count). The first-order chi connectivity index (χ1) is 8.18. The van der Waals surface area contributed by atoms with Gasteiger partial charge >= 0.3 is 124 Å². The summed E-state index contributed by atoms with van der Waals surface area (Å²) in [5.74, 6) is -8.90. The minimum Gasteiger partial charge on any atom is -0.553 e. The first-order valence-corrected chi connectivity index (χ1v) is 4.32. The molecule has 13 heteroatoms. The van der Waals surface area contributed by atoms with Crippen molar-refractivity contribution in [1.29, 1.82) is 0 Å². The number of aliphatic hydroxyl groups excluding tert-OH is 1. The summed E-state index contributed by atoms with van der Waals surface area (Å²) in [7, 11) is 0. The quantitative estimate of drug-likeness (QED) is 0.359. The number of carboxylic acid groups (broad SMARTS) is 3. The van der Waals surface area contributed by atoms with E-state index in [-0.39, 0.29) is 124 Å². The topological polar surface area (TPSA) is 175 Å². The number of aliphatic hydroxyl groups is 1. The summed E-state index contributed by atoms with van der Waals surface area (Å²) in [6.07, 6.45) is -2.79. The van der Waals surface area contributed by atoms with Gasteiger partial charge in [0.15, 0.2) is 0 Å². The SMILES string of the molecule is O=C=O.[CH2-]C(CC(C(=O)[O-])C(O)C(=O)[O-])C(=O)[O-].[Na+].[Na+].[Na+].[Na+]. The third-order valence-corrected chi connectivity index (χ3v) is 1.80. The van der Waals surface area contributed by atoms with Gasteiger partial charge in [-0.2, -0.15) is 9.59 Å². The Kier molecular flexibility index (Phi) is 40.3. The molecule has 0 spiro atoms. The summed E-state index contributed by atoms with van der Waals surface area (Å²) in [5.41, 5.74) is 0. The van der Waals surface area contributed by atoms with E-state index in [0.29, 0.717) is 0 Å². The van der Waals surface area contributed by atoms with Gasteiger partial charge in [-0.15, -0.1) is 5.92 Å². The van der Waals surface area contributed by atoms with Crippen LogP contribution >= 0.6 is 0 Å². The van der Waals surface area contributed by atoms with Crippen molar-refractivity contribution in [2.24, 2.45) is 11.8 Å². The van der Waals surface area contributed by atoms with Crippen LogP contribution in [-0.4, -0.2) is 35.3 Å². The Balaban J connectivity index is -0.0000000842. The Labute approximate surface area is 214 Å². The van der Waals surface area contributed by atoms with E-state index in [1.54, 1.807) is 0 Å². The van der Waals surface area contributed by atoms with Crippen molar-refractivity contribution in [2.75, 3.05) is 0 Å². The fourth-order valence-corrected chi connectivity index (χ4v) is 0.921. The van der Waals surface area contributed by atoms with Gasteiger partial charge in [-0.05, 0) is 0 Å². The fourth-order valence-electron chi connectivity index (χ4n) is 0.921. The van der Waals surface area contributed by atoms with Crippen molar-refractivity contribution in [3.05, 3.63) is 6.92 Å². The molecule has 22 heavy (non-hydrogen) atoms. The molecule has 0 saturated carbocycles. The summed E-state index contributed by atoms with van der Waals surface area (Å²) >= 11 is 0. The number of aliphatic carboxylic acids is 3. The molecule has 102 valence electrons. The second-order valence-electron chi connectivity index (χ2n) is 3.02. The van der Waals surface area contributed by atoms with Crippen LogP contribution in [0.3, 0.4) is 0 Å². The minimum absolute atomic E-state index is 0. The van der Waals surface area contributed by atoms with Gasteiger partial charge in [0.25, 0.3) is 0 Å². The Morgan fingerprint density at radius 1 is 0.909 bits per heavy atom. The molecule has 0 aromatic rings. The van der Waals surface area contributed by atoms with E-state index in [9.17, 15) is 29.7 Å². The van der Waals surface area contributed by atoms with E-state index in [1.165, 1.54) is 0 Å². The number of hydrogen-bond donors (Lipinski definition) is 1. The van der Waals surface area contributed by atoms with Crippen LogP contribution in [0.1, 0.15) is 6.42 Å². The Bertz CT molecular complexity index is 357. The first kappa shape index (κ1) is 39.0. The molecular formula is C9H8Na4O9. The molecule has 0 aliphatic carbocycles. The van der Waals surface area contributed by atoms with E-state index in [2.05, 4.69) is 6.92 Å². The first-order valence-electron chi connectivity index (χ1n) is 4.32. The number of rotatable bonds is 6. The van der Waals surface area contributed by atoms with E-state index in [0.717, 1.165) is 0 Å². The van der Waals surface area contributed by atoms with Crippen LogP contribution in [0.25, 0.3) is 0 Å². The Morgan fingerprint density at radius 2 is 1.23 bits per heavy atom. The van der Waals surface area contributed by atoms with Crippen molar-refractivity contribution in [3.63, 3.8) is 0 Å². The molecule has 0 bridgehead atoms. The zero-order valence-corrected chi connectivity index (χ0v) is 20.9. The molecular weight excluding hydrogens is 344 g/mol. The molecule has 0 saturated heterocycles. The van der Waals surface area contributed by atoms with Gasteiger partial charge in [-0.1, -0.05) is 6.42 Å². The third-order valence-electron chi connectivity index (χ3n) is 1.80. The van der Waals surface area contributed by atoms with Crippen LogP contribution in [0.4, 0.5) is 0 Å². The molecule has 0 aliphatic rings. The Hall–Kier alpha value is 1.75. The fraction of sp³-hybridized carbons (Fsp3) is 0.444. The summed E-state index contributed by atoms with van der Waals surface area (Å²) in [4.78, 5) is 47.0. The van der Waals surface area contributed by atoms with Crippen molar-refractivity contribution in [1.82, 2.24) is 0 Å². The largest absolute Gasteiger partial charge is 1.00 e. The summed E-state index contributed by atoms with van der Waals surface area (Å²) < 4.78 is 0. The van der Waals surface area contributed by atoms with Crippen LogP contribution < -0.4 is 134 Å². The summed E-state index contributed by atoms with van der Waals surface area (Å²) in [6, 6.07) is 0. The van der Waals surface area contributed by atoms with Crippen LogP contribution in [0, 0.1) is 18.8 Å². The molecule has 0 amide bonds. The smallest absolute Gasteiger partial charge is 0.553 e. The zero-order valence-electron chi connectivity index (χ0n) is 12.9. The van der Waals surface area contributed by atoms with Gasteiger partial charge in [0.1, 0.15) is 6.10 Å². The van der Waals surface area contributed by atoms with E-state index in [4.69, 9.17) is 14.7 Å². The van der Waals surface area contributed by atoms with Crippen molar-refractivity contribution in [3.8, 4) is 0 Å². The number of hydrogen-bond acceptors (Lipinski definition) is 9. The molecule has 3 unspecified atom stereocenters. The van der Waals surface area contributed by atoms with Crippen molar-refractivity contribution in [2.45, 2.75) is 12.5 Å². The van der Waals surface area contributed by atoms with Crippen LogP contribution in [0.2, 0.25) is 0 Å². The Morgan fingerprint density at radius 3 is 1.41 bits per heavy atom. The van der Waals surface area contributed by atoms with Gasteiger partial charge in [-0.3, -0.25) is 0 Å². The molecule has 1 N–H and O–H groups in total. The maximum Gasteiger partial charge on any atom is 1.00 e. The van der Waals surface area contributed by atoms with Crippen molar-refractivity contribution >= 4 is 24.1 Å². The molecule has 3 atom stereocenters. The van der Waals surface area contributed by atoms with E-state index < -0.39 is 42.3 Å². The molecule has 0 aliphatic heterocycles. The van der Waals surface area contributed by atoms with Crippen LogP contribution in [-0.2, 0) is 24.0 Å². The normalized spacial score (nSPS) is 11.5. The number of carboxylic acids is 3. The number of carbonyl (C=O) groups is 3. The standard InChI is InChI=1S/C8H11O7.CO2.4Na/c1-3(6(10)11)2-4(7(12)13)5(9)8(14)15;2-1-3;;;;/h3-5,9H,1-2H2,(H,10,11)(H,12,13)(H,14,15);;;;;/q-1;;4*+1/p-3. The molecule has 0 fully saturated rings. The van der Waals surface area contributed by atoms with Crippen LogP contribution in [0.5, 0.6) is 0 Å². The molecule has 0 heterocycles. The van der Waals surface area contributed by atoms with Gasteiger partial charge in [0, 0.05) is 17.9 Å². The average molecular weight is 352 g/mol.